The summed E-state index contributed by atoms with van der Waals surface area (Å²) < 4.78 is 1.89. The molecule has 15 heavy (non-hydrogen) atoms. The molecule has 0 amide bonds. The highest BCUT2D eigenvalue weighted by Crippen LogP contribution is 2.37. The first-order valence-corrected chi connectivity index (χ1v) is 5.91. The smallest absolute Gasteiger partial charge is 0.0756 e. The Labute approximate surface area is 91.1 Å². The number of aromatic nitrogens is 3. The molecule has 1 aromatic rings. The zero-order chi connectivity index (χ0) is 10.7. The predicted molar refractivity (Wildman–Crippen MR) is 59.4 cm³/mol. The monoisotopic (exact) mass is 208 g/mol. The lowest BCUT2D eigenvalue weighted by Crippen LogP contribution is -2.34. The van der Waals surface area contributed by atoms with E-state index in [1.807, 2.05) is 17.9 Å². The third kappa shape index (κ3) is 2.20. The molecule has 1 unspecified atom stereocenters. The fraction of sp³-hybridized carbons (Fsp3) is 0.818. The number of nitrogens with zero attached hydrogens (tertiary/aromatic N) is 3. The van der Waals surface area contributed by atoms with E-state index in [2.05, 4.69) is 22.6 Å². The second-order valence-corrected chi connectivity index (χ2v) is 4.41. The van der Waals surface area contributed by atoms with Crippen molar-refractivity contribution in [3.63, 3.8) is 0 Å². The molecule has 1 aliphatic carbocycles. The van der Waals surface area contributed by atoms with E-state index >= 15 is 0 Å². The lowest BCUT2D eigenvalue weighted by atomic mass is 9.78. The lowest BCUT2D eigenvalue weighted by Gasteiger charge is -2.34. The van der Waals surface area contributed by atoms with Crippen LogP contribution in [-0.2, 0) is 7.05 Å². The first-order valence-electron chi connectivity index (χ1n) is 5.91. The summed E-state index contributed by atoms with van der Waals surface area (Å²) in [7, 11) is 1.97. The van der Waals surface area contributed by atoms with Crippen molar-refractivity contribution in [1.29, 1.82) is 0 Å². The van der Waals surface area contributed by atoms with E-state index in [9.17, 15) is 0 Å². The molecule has 2 rings (SSSR count). The lowest BCUT2D eigenvalue weighted by molar-refractivity contribution is 0.223. The highest BCUT2D eigenvalue weighted by molar-refractivity contribution is 5.05. The molecule has 0 spiro atoms. The standard InChI is InChI=1S/C11H20N4/c1-3-7-12-11(9-5-4-6-9)10-8-13-14-15(10)2/h8-9,11-12H,3-7H2,1-2H3. The van der Waals surface area contributed by atoms with Crippen LogP contribution in [0.25, 0.3) is 0 Å². The fourth-order valence-corrected chi connectivity index (χ4v) is 2.16. The van der Waals surface area contributed by atoms with Crippen molar-refractivity contribution < 1.29 is 0 Å². The van der Waals surface area contributed by atoms with Crippen molar-refractivity contribution in [1.82, 2.24) is 20.3 Å². The molecule has 1 N–H and O–H groups in total. The SMILES string of the molecule is CCCNC(c1cnnn1C)C1CCC1. The van der Waals surface area contributed by atoms with Gasteiger partial charge in [-0.2, -0.15) is 0 Å². The Morgan fingerprint density at radius 1 is 1.60 bits per heavy atom. The van der Waals surface area contributed by atoms with Crippen LogP contribution in [0.2, 0.25) is 0 Å². The van der Waals surface area contributed by atoms with E-state index in [1.165, 1.54) is 31.4 Å². The average Bonchev–Trinajstić information content (AvgIpc) is 2.55. The number of hydrogen-bond acceptors (Lipinski definition) is 3. The first kappa shape index (κ1) is 10.6. The molecule has 1 fully saturated rings. The summed E-state index contributed by atoms with van der Waals surface area (Å²) in [4.78, 5) is 0. The van der Waals surface area contributed by atoms with Gasteiger partial charge in [0.15, 0.2) is 0 Å². The van der Waals surface area contributed by atoms with Gasteiger partial charge in [0.25, 0.3) is 0 Å². The summed E-state index contributed by atoms with van der Waals surface area (Å²) in [5.41, 5.74) is 1.23. The quantitative estimate of drug-likeness (QED) is 0.800. The third-order valence-corrected chi connectivity index (χ3v) is 3.30. The molecular formula is C11H20N4. The van der Waals surface area contributed by atoms with Gasteiger partial charge in [0, 0.05) is 7.05 Å². The van der Waals surface area contributed by atoms with Crippen LogP contribution in [0.3, 0.4) is 0 Å². The molecule has 0 bridgehead atoms. The van der Waals surface area contributed by atoms with Crippen molar-refractivity contribution >= 4 is 0 Å². The van der Waals surface area contributed by atoms with Gasteiger partial charge in [-0.15, -0.1) is 5.10 Å². The fourth-order valence-electron chi connectivity index (χ4n) is 2.16. The summed E-state index contributed by atoms with van der Waals surface area (Å²) in [5, 5.41) is 11.6. The normalized spacial score (nSPS) is 18.8. The summed E-state index contributed by atoms with van der Waals surface area (Å²) in [6, 6.07) is 0.457. The minimum atomic E-state index is 0.457. The maximum Gasteiger partial charge on any atom is 0.0756 e. The van der Waals surface area contributed by atoms with Crippen LogP contribution < -0.4 is 5.32 Å². The Morgan fingerprint density at radius 3 is 2.87 bits per heavy atom. The van der Waals surface area contributed by atoms with Gasteiger partial charge in [-0.05, 0) is 31.7 Å². The van der Waals surface area contributed by atoms with Gasteiger partial charge in [0.2, 0.25) is 0 Å². The minimum absolute atomic E-state index is 0.457. The van der Waals surface area contributed by atoms with E-state index in [1.54, 1.807) is 0 Å². The summed E-state index contributed by atoms with van der Waals surface area (Å²) in [6.45, 7) is 3.28. The summed E-state index contributed by atoms with van der Waals surface area (Å²) in [6.07, 6.45) is 7.12. The second kappa shape index (κ2) is 4.75. The van der Waals surface area contributed by atoms with Crippen molar-refractivity contribution in [2.24, 2.45) is 13.0 Å². The molecule has 1 aromatic heterocycles. The maximum absolute atomic E-state index is 4.01. The Morgan fingerprint density at radius 2 is 2.40 bits per heavy atom. The highest BCUT2D eigenvalue weighted by atomic mass is 15.4. The third-order valence-electron chi connectivity index (χ3n) is 3.30. The van der Waals surface area contributed by atoms with Crippen molar-refractivity contribution in [3.05, 3.63) is 11.9 Å². The Hall–Kier alpha value is -0.900. The van der Waals surface area contributed by atoms with Crippen LogP contribution in [0.5, 0.6) is 0 Å². The molecule has 1 saturated carbocycles. The zero-order valence-electron chi connectivity index (χ0n) is 9.61. The Bertz CT molecular complexity index is 303. The molecule has 0 saturated heterocycles. The average molecular weight is 208 g/mol. The van der Waals surface area contributed by atoms with E-state index in [4.69, 9.17) is 0 Å². The molecule has 4 nitrogen and oxygen atoms in total. The van der Waals surface area contributed by atoms with Gasteiger partial charge in [-0.3, -0.25) is 4.68 Å². The van der Waals surface area contributed by atoms with E-state index in [-0.39, 0.29) is 0 Å². The Balaban J connectivity index is 2.07. The highest BCUT2D eigenvalue weighted by Gasteiger charge is 2.29. The van der Waals surface area contributed by atoms with Gasteiger partial charge >= 0.3 is 0 Å². The van der Waals surface area contributed by atoms with Crippen LogP contribution in [0, 0.1) is 5.92 Å². The van der Waals surface area contributed by atoms with Crippen LogP contribution >= 0.6 is 0 Å². The van der Waals surface area contributed by atoms with Gasteiger partial charge < -0.3 is 5.32 Å². The van der Waals surface area contributed by atoms with Crippen LogP contribution in [-0.4, -0.2) is 21.5 Å². The number of nitrogens with one attached hydrogen (secondary N) is 1. The molecule has 1 atom stereocenters. The molecule has 0 aromatic carbocycles. The molecule has 84 valence electrons. The van der Waals surface area contributed by atoms with Crippen LogP contribution in [0.4, 0.5) is 0 Å². The van der Waals surface area contributed by atoms with Crippen molar-refractivity contribution in [2.45, 2.75) is 38.6 Å². The first-order chi connectivity index (χ1) is 7.33. The minimum Gasteiger partial charge on any atom is -0.308 e. The molecule has 1 heterocycles. The summed E-state index contributed by atoms with van der Waals surface area (Å²) in [5.74, 6) is 0.786. The van der Waals surface area contributed by atoms with Crippen molar-refractivity contribution in [3.8, 4) is 0 Å². The predicted octanol–water partition coefficient (Wildman–Crippen LogP) is 1.66. The van der Waals surface area contributed by atoms with Crippen LogP contribution in [0.1, 0.15) is 44.3 Å². The Kier molecular flexibility index (Phi) is 3.36. The number of hydrogen-bond donors (Lipinski definition) is 1. The molecule has 0 radical (unpaired) electrons. The van der Waals surface area contributed by atoms with E-state index in [0.29, 0.717) is 6.04 Å². The molecule has 4 heteroatoms. The van der Waals surface area contributed by atoms with E-state index < -0.39 is 0 Å². The number of rotatable bonds is 5. The zero-order valence-corrected chi connectivity index (χ0v) is 9.61. The van der Waals surface area contributed by atoms with Crippen molar-refractivity contribution in [2.75, 3.05) is 6.54 Å². The van der Waals surface area contributed by atoms with Gasteiger partial charge in [-0.25, -0.2) is 0 Å². The maximum atomic E-state index is 4.01. The molecular weight excluding hydrogens is 188 g/mol. The summed E-state index contributed by atoms with van der Waals surface area (Å²) >= 11 is 0. The largest absolute Gasteiger partial charge is 0.308 e. The van der Waals surface area contributed by atoms with Gasteiger partial charge in [-0.1, -0.05) is 18.6 Å². The molecule has 1 aliphatic rings. The molecule has 0 aliphatic heterocycles. The van der Waals surface area contributed by atoms with Crippen LogP contribution in [0.15, 0.2) is 6.20 Å². The topological polar surface area (TPSA) is 42.7 Å². The number of aryl methyl sites for hydroxylation is 1. The second-order valence-electron chi connectivity index (χ2n) is 4.41. The van der Waals surface area contributed by atoms with Gasteiger partial charge in [0.1, 0.15) is 0 Å². The van der Waals surface area contributed by atoms with E-state index in [0.717, 1.165) is 12.5 Å². The van der Waals surface area contributed by atoms with Gasteiger partial charge in [0.05, 0.1) is 17.9 Å².